The van der Waals surface area contributed by atoms with Gasteiger partial charge in [-0.15, -0.1) is 0 Å². The van der Waals surface area contributed by atoms with Crippen molar-refractivity contribution in [3.05, 3.63) is 58.3 Å². The van der Waals surface area contributed by atoms with E-state index in [4.69, 9.17) is 5.73 Å². The second-order valence-corrected chi connectivity index (χ2v) is 11.2. The Morgan fingerprint density at radius 1 is 0.868 bits per heavy atom. The van der Waals surface area contributed by atoms with Gasteiger partial charge in [-0.2, -0.15) is 0 Å². The highest BCUT2D eigenvalue weighted by atomic mass is 16.2. The molecule has 4 heterocycles. The van der Waals surface area contributed by atoms with Gasteiger partial charge >= 0.3 is 0 Å². The van der Waals surface area contributed by atoms with Crippen LogP contribution in [0, 0.1) is 13.8 Å². The van der Waals surface area contributed by atoms with Gasteiger partial charge in [0.05, 0.1) is 5.56 Å². The number of aryl methyl sites for hydroxylation is 2. The topological polar surface area (TPSA) is 121 Å². The molecule has 2 unspecified atom stereocenters. The van der Waals surface area contributed by atoms with Gasteiger partial charge in [0.2, 0.25) is 5.91 Å². The Labute approximate surface area is 224 Å². The predicted molar refractivity (Wildman–Crippen MR) is 146 cm³/mol. The zero-order valence-electron chi connectivity index (χ0n) is 22.5. The molecule has 9 nitrogen and oxygen atoms in total. The second-order valence-electron chi connectivity index (χ2n) is 11.2. The van der Waals surface area contributed by atoms with Crippen LogP contribution >= 0.6 is 0 Å². The lowest BCUT2D eigenvalue weighted by atomic mass is 9.95. The third kappa shape index (κ3) is 5.38. The van der Waals surface area contributed by atoms with Crippen LogP contribution in [0.1, 0.15) is 80.7 Å². The summed E-state index contributed by atoms with van der Waals surface area (Å²) in [7, 11) is 2.11. The highest BCUT2D eigenvalue weighted by Crippen LogP contribution is 2.38. The van der Waals surface area contributed by atoms with Crippen LogP contribution in [0.4, 0.5) is 5.82 Å². The molecule has 2 bridgehead atoms. The fourth-order valence-electron chi connectivity index (χ4n) is 6.35. The lowest BCUT2D eigenvalue weighted by Gasteiger charge is -2.40. The van der Waals surface area contributed by atoms with Crippen LogP contribution in [-0.2, 0) is 0 Å². The molecular weight excluding hydrogens is 480 g/mol. The van der Waals surface area contributed by atoms with Crippen molar-refractivity contribution in [3.63, 3.8) is 0 Å². The zero-order chi connectivity index (χ0) is 27.0. The molecule has 1 aromatic carbocycles. The van der Waals surface area contributed by atoms with Crippen LogP contribution in [0.25, 0.3) is 0 Å². The summed E-state index contributed by atoms with van der Waals surface area (Å²) < 4.78 is 0. The maximum Gasteiger partial charge on any atom is 0.253 e. The number of hydrogen-bond donors (Lipinski definition) is 3. The molecule has 202 valence electrons. The largest absolute Gasteiger partial charge is 0.366 e. The zero-order valence-corrected chi connectivity index (χ0v) is 22.5. The van der Waals surface area contributed by atoms with Crippen molar-refractivity contribution in [3.8, 4) is 0 Å². The summed E-state index contributed by atoms with van der Waals surface area (Å²) in [5.74, 6) is 0.239. The summed E-state index contributed by atoms with van der Waals surface area (Å²) in [5, 5.41) is 6.39. The van der Waals surface area contributed by atoms with Crippen LogP contribution in [0.3, 0.4) is 0 Å². The quantitative estimate of drug-likeness (QED) is 0.541. The van der Waals surface area contributed by atoms with Gasteiger partial charge in [-0.1, -0.05) is 0 Å². The smallest absolute Gasteiger partial charge is 0.253 e. The number of anilines is 1. The Hall–Kier alpha value is -3.46. The van der Waals surface area contributed by atoms with E-state index in [2.05, 4.69) is 32.5 Å². The molecule has 0 spiro atoms. The van der Waals surface area contributed by atoms with Crippen molar-refractivity contribution in [2.24, 2.45) is 5.73 Å². The van der Waals surface area contributed by atoms with Crippen molar-refractivity contribution < 1.29 is 14.4 Å². The molecule has 0 radical (unpaired) electrons. The van der Waals surface area contributed by atoms with Crippen LogP contribution in [0.2, 0.25) is 0 Å². The van der Waals surface area contributed by atoms with Gasteiger partial charge in [0, 0.05) is 41.5 Å². The Bertz CT molecular complexity index is 1210. The SMILES string of the molecule is Cc1cc(C(=O)NC2CC3CCC(C2)N3c2ccc(C(=O)NC3CCN(C)CC3)cn2)c(C)cc1C(N)=O. The van der Waals surface area contributed by atoms with E-state index in [0.29, 0.717) is 34.3 Å². The number of aromatic nitrogens is 1. The first kappa shape index (κ1) is 26.2. The van der Waals surface area contributed by atoms with E-state index in [1.54, 1.807) is 25.3 Å². The third-order valence-corrected chi connectivity index (χ3v) is 8.48. The molecular formula is C29H38N6O3. The molecule has 4 N–H and O–H groups in total. The average molecular weight is 519 g/mol. The normalized spacial score (nSPS) is 23.8. The van der Waals surface area contributed by atoms with Gasteiger partial charge in [0.15, 0.2) is 0 Å². The third-order valence-electron chi connectivity index (χ3n) is 8.48. The van der Waals surface area contributed by atoms with E-state index >= 15 is 0 Å². The number of fused-ring (bicyclic) bond motifs is 2. The molecule has 9 heteroatoms. The Morgan fingerprint density at radius 2 is 1.47 bits per heavy atom. The van der Waals surface area contributed by atoms with Crippen LogP contribution in [0.5, 0.6) is 0 Å². The van der Waals surface area contributed by atoms with E-state index in [0.717, 1.165) is 63.0 Å². The van der Waals surface area contributed by atoms with Gasteiger partial charge < -0.3 is 26.2 Å². The molecule has 38 heavy (non-hydrogen) atoms. The standard InChI is InChI=1S/C29H38N6O3/c1-17-13-25(18(2)12-24(17)27(30)36)29(38)33-21-14-22-5-6-23(15-21)35(22)26-7-4-19(16-31-26)28(37)32-20-8-10-34(3)11-9-20/h4,7,12-13,16,20-23H,5-6,8-11,14-15H2,1-3H3,(H2,30,36)(H,32,37)(H,33,38). The molecule has 2 aromatic rings. The number of piperidine rings is 2. The first-order chi connectivity index (χ1) is 18.2. The summed E-state index contributed by atoms with van der Waals surface area (Å²) in [6.07, 6.45) is 7.44. The maximum atomic E-state index is 13.1. The van der Waals surface area contributed by atoms with Gasteiger partial charge in [-0.3, -0.25) is 14.4 Å². The number of primary amides is 1. The van der Waals surface area contributed by atoms with Crippen molar-refractivity contribution >= 4 is 23.5 Å². The number of hydrogen-bond acceptors (Lipinski definition) is 6. The van der Waals surface area contributed by atoms with Crippen molar-refractivity contribution in [1.29, 1.82) is 0 Å². The molecule has 0 saturated carbocycles. The van der Waals surface area contributed by atoms with Crippen molar-refractivity contribution in [1.82, 2.24) is 20.5 Å². The minimum atomic E-state index is -0.485. The average Bonchev–Trinajstić information content (AvgIpc) is 3.16. The van der Waals surface area contributed by atoms with Crippen LogP contribution < -0.4 is 21.3 Å². The number of likely N-dealkylation sites (tertiary alicyclic amines) is 1. The molecule has 0 aliphatic carbocycles. The number of amides is 3. The number of nitrogens with zero attached hydrogens (tertiary/aromatic N) is 3. The molecule has 3 aliphatic heterocycles. The molecule has 1 aromatic heterocycles. The maximum absolute atomic E-state index is 13.1. The Kier molecular flexibility index (Phi) is 7.38. The van der Waals surface area contributed by atoms with Crippen molar-refractivity contribution in [2.45, 2.75) is 76.5 Å². The van der Waals surface area contributed by atoms with Gasteiger partial charge in [0.1, 0.15) is 5.82 Å². The van der Waals surface area contributed by atoms with Gasteiger partial charge in [-0.25, -0.2) is 4.98 Å². The number of carbonyl (C=O) groups excluding carboxylic acids is 3. The van der Waals surface area contributed by atoms with E-state index in [1.165, 1.54) is 0 Å². The number of rotatable bonds is 6. The monoisotopic (exact) mass is 518 g/mol. The number of carbonyl (C=O) groups is 3. The Balaban J connectivity index is 1.20. The minimum Gasteiger partial charge on any atom is -0.366 e. The fraction of sp³-hybridized carbons (Fsp3) is 0.517. The number of benzene rings is 1. The second kappa shape index (κ2) is 10.7. The van der Waals surface area contributed by atoms with Crippen LogP contribution in [0.15, 0.2) is 30.5 Å². The molecule has 2 atom stereocenters. The lowest BCUT2D eigenvalue weighted by Crippen LogP contribution is -2.51. The number of pyridine rings is 1. The van der Waals surface area contributed by atoms with E-state index in [-0.39, 0.29) is 23.9 Å². The number of nitrogens with one attached hydrogen (secondary N) is 2. The van der Waals surface area contributed by atoms with Gasteiger partial charge in [0.25, 0.3) is 11.8 Å². The first-order valence-electron chi connectivity index (χ1n) is 13.6. The van der Waals surface area contributed by atoms with Crippen molar-refractivity contribution in [2.75, 3.05) is 25.0 Å². The predicted octanol–water partition coefficient (Wildman–Crippen LogP) is 2.55. The minimum absolute atomic E-state index is 0.0580. The lowest BCUT2D eigenvalue weighted by molar-refractivity contribution is 0.0912. The highest BCUT2D eigenvalue weighted by Gasteiger charge is 2.42. The number of nitrogens with two attached hydrogens (primary N) is 1. The van der Waals surface area contributed by atoms with E-state index < -0.39 is 5.91 Å². The molecule has 3 amide bonds. The first-order valence-corrected chi connectivity index (χ1v) is 13.6. The summed E-state index contributed by atoms with van der Waals surface area (Å²) in [5.41, 5.74) is 8.52. The molecule has 5 rings (SSSR count). The Morgan fingerprint density at radius 3 is 2.08 bits per heavy atom. The molecule has 3 aliphatic rings. The summed E-state index contributed by atoms with van der Waals surface area (Å²) in [6.45, 7) is 5.63. The van der Waals surface area contributed by atoms with Gasteiger partial charge in [-0.05, 0) is 108 Å². The fourth-order valence-corrected chi connectivity index (χ4v) is 6.35. The highest BCUT2D eigenvalue weighted by molar-refractivity contribution is 5.99. The summed E-state index contributed by atoms with van der Waals surface area (Å²) >= 11 is 0. The summed E-state index contributed by atoms with van der Waals surface area (Å²) in [6, 6.07) is 8.17. The molecule has 3 fully saturated rings. The van der Waals surface area contributed by atoms with Crippen LogP contribution in [-0.4, -0.2) is 71.9 Å². The van der Waals surface area contributed by atoms with E-state index in [1.807, 2.05) is 19.1 Å². The van der Waals surface area contributed by atoms with E-state index in [9.17, 15) is 14.4 Å². The molecule has 3 saturated heterocycles. The summed E-state index contributed by atoms with van der Waals surface area (Å²) in [4.78, 5) is 46.8.